The number of hydrogen-bond donors (Lipinski definition) is 1. The molecule has 1 aromatic rings. The average Bonchev–Trinajstić information content (AvgIpc) is 2.27. The molecule has 0 unspecified atom stereocenters. The Balaban J connectivity index is 3.11. The van der Waals surface area contributed by atoms with E-state index < -0.39 is 0 Å². The summed E-state index contributed by atoms with van der Waals surface area (Å²) in [4.78, 5) is 0. The van der Waals surface area contributed by atoms with Crippen molar-refractivity contribution in [1.82, 2.24) is 0 Å². The summed E-state index contributed by atoms with van der Waals surface area (Å²) in [5.41, 5.74) is 7.29. The van der Waals surface area contributed by atoms with Gasteiger partial charge >= 0.3 is 0 Å². The van der Waals surface area contributed by atoms with Gasteiger partial charge in [-0.1, -0.05) is 6.58 Å². The lowest BCUT2D eigenvalue weighted by atomic mass is 10.1. The van der Waals surface area contributed by atoms with Gasteiger partial charge in [0.1, 0.15) is 11.5 Å². The SMILES string of the molecule is C=C(CN)c1ccc(OC)cc1OC. The summed E-state index contributed by atoms with van der Waals surface area (Å²) >= 11 is 0. The Kier molecular flexibility index (Phi) is 3.54. The van der Waals surface area contributed by atoms with Crippen molar-refractivity contribution in [2.45, 2.75) is 0 Å². The van der Waals surface area contributed by atoms with Crippen LogP contribution in [-0.2, 0) is 0 Å². The molecule has 0 atom stereocenters. The van der Waals surface area contributed by atoms with Gasteiger partial charge in [0.05, 0.1) is 14.2 Å². The molecule has 0 saturated heterocycles. The quantitative estimate of drug-likeness (QED) is 0.791. The monoisotopic (exact) mass is 193 g/mol. The molecule has 0 fully saturated rings. The van der Waals surface area contributed by atoms with E-state index in [1.165, 1.54) is 0 Å². The van der Waals surface area contributed by atoms with Crippen LogP contribution in [0.2, 0.25) is 0 Å². The first kappa shape index (κ1) is 10.6. The molecule has 1 rings (SSSR count). The molecule has 3 heteroatoms. The van der Waals surface area contributed by atoms with Crippen molar-refractivity contribution in [3.05, 3.63) is 30.3 Å². The lowest BCUT2D eigenvalue weighted by Gasteiger charge is -2.10. The predicted molar refractivity (Wildman–Crippen MR) is 57.6 cm³/mol. The second-order valence-corrected chi connectivity index (χ2v) is 2.87. The molecule has 0 aromatic heterocycles. The van der Waals surface area contributed by atoms with E-state index in [1.807, 2.05) is 18.2 Å². The third-order valence-electron chi connectivity index (χ3n) is 2.04. The Hall–Kier alpha value is -1.48. The topological polar surface area (TPSA) is 44.5 Å². The molecule has 2 N–H and O–H groups in total. The summed E-state index contributed by atoms with van der Waals surface area (Å²) in [7, 11) is 3.23. The lowest BCUT2D eigenvalue weighted by Crippen LogP contribution is -2.02. The Morgan fingerprint density at radius 3 is 2.57 bits per heavy atom. The maximum Gasteiger partial charge on any atom is 0.130 e. The molecular weight excluding hydrogens is 178 g/mol. The first-order valence-corrected chi connectivity index (χ1v) is 4.33. The van der Waals surface area contributed by atoms with E-state index in [0.29, 0.717) is 6.54 Å². The van der Waals surface area contributed by atoms with Crippen molar-refractivity contribution >= 4 is 5.57 Å². The summed E-state index contributed by atoms with van der Waals surface area (Å²) in [6.07, 6.45) is 0. The van der Waals surface area contributed by atoms with E-state index in [2.05, 4.69) is 6.58 Å². The molecule has 14 heavy (non-hydrogen) atoms. The van der Waals surface area contributed by atoms with Crippen LogP contribution in [0, 0.1) is 0 Å². The second kappa shape index (κ2) is 4.67. The fraction of sp³-hybridized carbons (Fsp3) is 0.273. The number of rotatable bonds is 4. The van der Waals surface area contributed by atoms with E-state index >= 15 is 0 Å². The minimum absolute atomic E-state index is 0.419. The van der Waals surface area contributed by atoms with Gasteiger partial charge in [-0.25, -0.2) is 0 Å². The maximum absolute atomic E-state index is 5.51. The molecule has 1 aromatic carbocycles. The van der Waals surface area contributed by atoms with E-state index in [1.54, 1.807) is 14.2 Å². The van der Waals surface area contributed by atoms with Crippen molar-refractivity contribution in [3.63, 3.8) is 0 Å². The highest BCUT2D eigenvalue weighted by molar-refractivity contribution is 5.70. The van der Waals surface area contributed by atoms with Crippen LogP contribution in [0.3, 0.4) is 0 Å². The molecule has 0 spiro atoms. The zero-order valence-corrected chi connectivity index (χ0v) is 8.54. The summed E-state index contributed by atoms with van der Waals surface area (Å²) in [5, 5.41) is 0. The zero-order chi connectivity index (χ0) is 10.6. The second-order valence-electron chi connectivity index (χ2n) is 2.87. The van der Waals surface area contributed by atoms with Crippen LogP contribution in [0.1, 0.15) is 5.56 Å². The Labute approximate surface area is 84.1 Å². The molecule has 0 bridgehead atoms. The molecule has 0 aliphatic heterocycles. The fourth-order valence-corrected chi connectivity index (χ4v) is 1.20. The standard InChI is InChI=1S/C11H15NO2/c1-8(7-12)10-5-4-9(13-2)6-11(10)14-3/h4-6H,1,7,12H2,2-3H3. The van der Waals surface area contributed by atoms with Crippen LogP contribution < -0.4 is 15.2 Å². The van der Waals surface area contributed by atoms with Gasteiger partial charge in [0, 0.05) is 18.2 Å². The summed E-state index contributed by atoms with van der Waals surface area (Å²) < 4.78 is 10.3. The Bertz CT molecular complexity index is 334. The molecule has 0 heterocycles. The van der Waals surface area contributed by atoms with Gasteiger partial charge in [0.2, 0.25) is 0 Å². The van der Waals surface area contributed by atoms with Crippen LogP contribution in [0.4, 0.5) is 0 Å². The third kappa shape index (κ3) is 2.06. The van der Waals surface area contributed by atoms with E-state index in [-0.39, 0.29) is 0 Å². The number of nitrogens with two attached hydrogens (primary N) is 1. The van der Waals surface area contributed by atoms with Crippen LogP contribution in [-0.4, -0.2) is 20.8 Å². The highest BCUT2D eigenvalue weighted by Gasteiger charge is 2.06. The molecule has 0 aliphatic carbocycles. The fourth-order valence-electron chi connectivity index (χ4n) is 1.20. The van der Waals surface area contributed by atoms with Gasteiger partial charge < -0.3 is 15.2 Å². The molecule has 0 aliphatic rings. The number of ether oxygens (including phenoxy) is 2. The minimum atomic E-state index is 0.419. The van der Waals surface area contributed by atoms with Crippen molar-refractivity contribution in [2.24, 2.45) is 5.73 Å². The Morgan fingerprint density at radius 1 is 1.36 bits per heavy atom. The number of methoxy groups -OCH3 is 2. The van der Waals surface area contributed by atoms with Crippen molar-refractivity contribution in [3.8, 4) is 11.5 Å². The average molecular weight is 193 g/mol. The first-order valence-electron chi connectivity index (χ1n) is 4.33. The minimum Gasteiger partial charge on any atom is -0.497 e. The van der Waals surface area contributed by atoms with Crippen LogP contribution in [0.5, 0.6) is 11.5 Å². The predicted octanol–water partition coefficient (Wildman–Crippen LogP) is 1.68. The molecular formula is C11H15NO2. The van der Waals surface area contributed by atoms with Gasteiger partial charge in [-0.3, -0.25) is 0 Å². The maximum atomic E-state index is 5.51. The molecule has 0 saturated carbocycles. The summed E-state index contributed by atoms with van der Waals surface area (Å²) in [5.74, 6) is 1.50. The van der Waals surface area contributed by atoms with Crippen molar-refractivity contribution in [2.75, 3.05) is 20.8 Å². The molecule has 0 amide bonds. The summed E-state index contributed by atoms with van der Waals surface area (Å²) in [6.45, 7) is 4.28. The smallest absolute Gasteiger partial charge is 0.130 e. The van der Waals surface area contributed by atoms with Gasteiger partial charge in [-0.2, -0.15) is 0 Å². The first-order chi connectivity index (χ1) is 6.72. The normalized spacial score (nSPS) is 9.64. The van der Waals surface area contributed by atoms with E-state index in [9.17, 15) is 0 Å². The van der Waals surface area contributed by atoms with Crippen LogP contribution >= 0.6 is 0 Å². The van der Waals surface area contributed by atoms with Gasteiger partial charge in [0.25, 0.3) is 0 Å². The third-order valence-corrected chi connectivity index (χ3v) is 2.04. The van der Waals surface area contributed by atoms with Gasteiger partial charge in [0.15, 0.2) is 0 Å². The van der Waals surface area contributed by atoms with E-state index in [4.69, 9.17) is 15.2 Å². The zero-order valence-electron chi connectivity index (χ0n) is 8.54. The molecule has 76 valence electrons. The lowest BCUT2D eigenvalue weighted by molar-refractivity contribution is 0.393. The largest absolute Gasteiger partial charge is 0.497 e. The highest BCUT2D eigenvalue weighted by atomic mass is 16.5. The van der Waals surface area contributed by atoms with Crippen molar-refractivity contribution in [1.29, 1.82) is 0 Å². The van der Waals surface area contributed by atoms with Gasteiger partial charge in [-0.05, 0) is 17.7 Å². The molecule has 3 nitrogen and oxygen atoms in total. The highest BCUT2D eigenvalue weighted by Crippen LogP contribution is 2.28. The Morgan fingerprint density at radius 2 is 2.07 bits per heavy atom. The van der Waals surface area contributed by atoms with Crippen LogP contribution in [0.15, 0.2) is 24.8 Å². The number of hydrogen-bond acceptors (Lipinski definition) is 3. The number of benzene rings is 1. The molecule has 0 radical (unpaired) electrons. The van der Waals surface area contributed by atoms with Crippen LogP contribution in [0.25, 0.3) is 5.57 Å². The van der Waals surface area contributed by atoms with Gasteiger partial charge in [-0.15, -0.1) is 0 Å². The summed E-state index contributed by atoms with van der Waals surface area (Å²) in [6, 6.07) is 5.57. The van der Waals surface area contributed by atoms with Crippen molar-refractivity contribution < 1.29 is 9.47 Å². The van der Waals surface area contributed by atoms with E-state index in [0.717, 1.165) is 22.6 Å².